The van der Waals surface area contributed by atoms with Crippen molar-refractivity contribution in [3.63, 3.8) is 0 Å². The Morgan fingerprint density at radius 2 is 1.94 bits per heavy atom. The minimum atomic E-state index is 1.11. The van der Waals surface area contributed by atoms with Crippen molar-refractivity contribution >= 4 is 0 Å². The van der Waals surface area contributed by atoms with Crippen LogP contribution in [0.5, 0.6) is 0 Å². The number of nitrogens with one attached hydrogen (secondary N) is 1. The molecule has 0 bridgehead atoms. The van der Waals surface area contributed by atoms with E-state index in [4.69, 9.17) is 0 Å². The first-order valence-corrected chi connectivity index (χ1v) is 6.89. The van der Waals surface area contributed by atoms with Crippen LogP contribution in [0, 0.1) is 0 Å². The van der Waals surface area contributed by atoms with Gasteiger partial charge in [-0.15, -0.1) is 0 Å². The molecule has 4 heteroatoms. The van der Waals surface area contributed by atoms with Gasteiger partial charge < -0.3 is 9.88 Å². The highest BCUT2D eigenvalue weighted by Gasteiger charge is 2.16. The van der Waals surface area contributed by atoms with Gasteiger partial charge in [-0.2, -0.15) is 0 Å². The molecule has 2 heterocycles. The molecule has 1 aliphatic heterocycles. The van der Waals surface area contributed by atoms with Gasteiger partial charge in [0.25, 0.3) is 0 Å². The van der Waals surface area contributed by atoms with E-state index in [9.17, 15) is 0 Å². The summed E-state index contributed by atoms with van der Waals surface area (Å²) in [7, 11) is 0. The average molecular weight is 234 g/mol. The number of hydrogen-bond donors (Lipinski definition) is 1. The maximum atomic E-state index is 4.55. The third-order valence-electron chi connectivity index (χ3n) is 3.98. The molecule has 0 spiro atoms. The highest BCUT2D eigenvalue weighted by atomic mass is 15.2. The monoisotopic (exact) mass is 234 g/mol. The molecule has 1 aliphatic carbocycles. The average Bonchev–Trinajstić information content (AvgIpc) is 2.81. The standard InChI is InChI=1S/C13H22N4/c1-2-4-13-12(3-1)15-11-17(13)10-9-16-7-5-14-6-8-16/h11,14H,1-10H2. The van der Waals surface area contributed by atoms with Gasteiger partial charge in [-0.3, -0.25) is 4.90 Å². The van der Waals surface area contributed by atoms with Crippen molar-refractivity contribution in [2.24, 2.45) is 0 Å². The normalized spacial score (nSPS) is 21.4. The number of aryl methyl sites for hydroxylation is 1. The predicted octanol–water partition coefficient (Wildman–Crippen LogP) is 0.667. The Labute approximate surface area is 103 Å². The fourth-order valence-electron chi connectivity index (χ4n) is 2.91. The minimum Gasteiger partial charge on any atom is -0.333 e. The Balaban J connectivity index is 1.59. The predicted molar refractivity (Wildman–Crippen MR) is 68.2 cm³/mol. The number of aromatic nitrogens is 2. The Bertz CT molecular complexity index is 365. The van der Waals surface area contributed by atoms with Crippen LogP contribution in [0.3, 0.4) is 0 Å². The third kappa shape index (κ3) is 2.53. The highest BCUT2D eigenvalue weighted by molar-refractivity contribution is 5.16. The number of hydrogen-bond acceptors (Lipinski definition) is 3. The summed E-state index contributed by atoms with van der Waals surface area (Å²) < 4.78 is 2.39. The van der Waals surface area contributed by atoms with E-state index in [2.05, 4.69) is 26.1 Å². The maximum Gasteiger partial charge on any atom is 0.0952 e. The van der Waals surface area contributed by atoms with Gasteiger partial charge in [-0.05, 0) is 25.7 Å². The molecule has 3 rings (SSSR count). The number of fused-ring (bicyclic) bond motifs is 1. The van der Waals surface area contributed by atoms with E-state index in [0.717, 1.165) is 19.6 Å². The second-order valence-electron chi connectivity index (χ2n) is 5.13. The molecule has 1 N–H and O–H groups in total. The molecular weight excluding hydrogens is 212 g/mol. The number of nitrogens with zero attached hydrogens (tertiary/aromatic N) is 3. The molecule has 0 atom stereocenters. The van der Waals surface area contributed by atoms with Crippen LogP contribution >= 0.6 is 0 Å². The smallest absolute Gasteiger partial charge is 0.0952 e. The Hall–Kier alpha value is -0.870. The molecular formula is C13H22N4. The lowest BCUT2D eigenvalue weighted by Crippen LogP contribution is -2.44. The van der Waals surface area contributed by atoms with Gasteiger partial charge in [0.2, 0.25) is 0 Å². The van der Waals surface area contributed by atoms with Crippen LogP contribution in [0.25, 0.3) is 0 Å². The van der Waals surface area contributed by atoms with Crippen LogP contribution in [0.15, 0.2) is 6.33 Å². The molecule has 0 amide bonds. The van der Waals surface area contributed by atoms with Crippen molar-refractivity contribution in [2.45, 2.75) is 32.2 Å². The fraction of sp³-hybridized carbons (Fsp3) is 0.769. The summed E-state index contributed by atoms with van der Waals surface area (Å²) in [5.74, 6) is 0. The molecule has 17 heavy (non-hydrogen) atoms. The van der Waals surface area contributed by atoms with Crippen molar-refractivity contribution < 1.29 is 0 Å². The van der Waals surface area contributed by atoms with Gasteiger partial charge in [-0.1, -0.05) is 0 Å². The first-order valence-electron chi connectivity index (χ1n) is 6.89. The van der Waals surface area contributed by atoms with Gasteiger partial charge in [0.15, 0.2) is 0 Å². The molecule has 1 aromatic rings. The summed E-state index contributed by atoms with van der Waals surface area (Å²) in [6.07, 6.45) is 7.14. The van der Waals surface area contributed by atoms with E-state index < -0.39 is 0 Å². The topological polar surface area (TPSA) is 33.1 Å². The zero-order valence-electron chi connectivity index (χ0n) is 10.5. The van der Waals surface area contributed by atoms with Crippen molar-refractivity contribution in [3.8, 4) is 0 Å². The lowest BCUT2D eigenvalue weighted by molar-refractivity contribution is 0.231. The molecule has 1 aromatic heterocycles. The molecule has 1 saturated heterocycles. The van der Waals surface area contributed by atoms with Crippen molar-refractivity contribution in [1.82, 2.24) is 19.8 Å². The zero-order chi connectivity index (χ0) is 11.5. The minimum absolute atomic E-state index is 1.11. The second-order valence-corrected chi connectivity index (χ2v) is 5.13. The van der Waals surface area contributed by atoms with E-state index in [1.54, 1.807) is 0 Å². The molecule has 0 unspecified atom stereocenters. The van der Waals surface area contributed by atoms with Gasteiger partial charge in [0.1, 0.15) is 0 Å². The molecule has 1 fully saturated rings. The molecule has 0 aromatic carbocycles. The van der Waals surface area contributed by atoms with Crippen molar-refractivity contribution in [2.75, 3.05) is 32.7 Å². The summed E-state index contributed by atoms with van der Waals surface area (Å²) in [4.78, 5) is 7.10. The van der Waals surface area contributed by atoms with Crippen LogP contribution in [-0.4, -0.2) is 47.2 Å². The summed E-state index contributed by atoms with van der Waals surface area (Å²) in [5, 5.41) is 3.40. The zero-order valence-corrected chi connectivity index (χ0v) is 10.5. The first-order chi connectivity index (χ1) is 8.43. The SMILES string of the molecule is c1nc2c(n1CCN1CCNCC1)CCCC2. The van der Waals surface area contributed by atoms with E-state index in [1.165, 1.54) is 56.7 Å². The Kier molecular flexibility index (Phi) is 3.43. The fourth-order valence-corrected chi connectivity index (χ4v) is 2.91. The van der Waals surface area contributed by atoms with Crippen molar-refractivity contribution in [1.29, 1.82) is 0 Å². The Morgan fingerprint density at radius 3 is 2.82 bits per heavy atom. The van der Waals surface area contributed by atoms with Gasteiger partial charge in [0.05, 0.1) is 12.0 Å². The van der Waals surface area contributed by atoms with E-state index in [1.807, 2.05) is 0 Å². The first kappa shape index (κ1) is 11.2. The number of piperazine rings is 1. The van der Waals surface area contributed by atoms with Crippen LogP contribution in [0.1, 0.15) is 24.2 Å². The summed E-state index contributed by atoms with van der Waals surface area (Å²) >= 11 is 0. The highest BCUT2D eigenvalue weighted by Crippen LogP contribution is 2.19. The number of rotatable bonds is 3. The quantitative estimate of drug-likeness (QED) is 0.834. The Morgan fingerprint density at radius 1 is 1.12 bits per heavy atom. The van der Waals surface area contributed by atoms with Crippen LogP contribution < -0.4 is 5.32 Å². The number of imidazole rings is 1. The van der Waals surface area contributed by atoms with Gasteiger partial charge >= 0.3 is 0 Å². The molecule has 4 nitrogen and oxygen atoms in total. The van der Waals surface area contributed by atoms with Crippen LogP contribution in [0.2, 0.25) is 0 Å². The molecule has 0 saturated carbocycles. The summed E-state index contributed by atoms with van der Waals surface area (Å²) in [5.41, 5.74) is 2.86. The largest absolute Gasteiger partial charge is 0.333 e. The molecule has 2 aliphatic rings. The second kappa shape index (κ2) is 5.19. The summed E-state index contributed by atoms with van der Waals surface area (Å²) in [6.45, 7) is 6.95. The maximum absolute atomic E-state index is 4.55. The molecule has 94 valence electrons. The van der Waals surface area contributed by atoms with E-state index >= 15 is 0 Å². The third-order valence-corrected chi connectivity index (χ3v) is 3.98. The van der Waals surface area contributed by atoms with Crippen molar-refractivity contribution in [3.05, 3.63) is 17.7 Å². The summed E-state index contributed by atoms with van der Waals surface area (Å²) in [6, 6.07) is 0. The van der Waals surface area contributed by atoms with E-state index in [-0.39, 0.29) is 0 Å². The van der Waals surface area contributed by atoms with Gasteiger partial charge in [0, 0.05) is 45.0 Å². The lowest BCUT2D eigenvalue weighted by Gasteiger charge is -2.27. The van der Waals surface area contributed by atoms with Crippen LogP contribution in [0.4, 0.5) is 0 Å². The lowest BCUT2D eigenvalue weighted by atomic mass is 10.0. The van der Waals surface area contributed by atoms with Crippen LogP contribution in [-0.2, 0) is 19.4 Å². The van der Waals surface area contributed by atoms with E-state index in [0.29, 0.717) is 0 Å². The van der Waals surface area contributed by atoms with Gasteiger partial charge in [-0.25, -0.2) is 4.98 Å². The molecule has 0 radical (unpaired) electrons.